The van der Waals surface area contributed by atoms with E-state index < -0.39 is 12.1 Å². The summed E-state index contributed by atoms with van der Waals surface area (Å²) in [5, 5.41) is 20.3. The van der Waals surface area contributed by atoms with Crippen LogP contribution in [0.2, 0.25) is 0 Å². The number of hydrogen-bond acceptors (Lipinski definition) is 5. The van der Waals surface area contributed by atoms with Gasteiger partial charge < -0.3 is 14.9 Å². The van der Waals surface area contributed by atoms with Crippen molar-refractivity contribution in [2.24, 2.45) is 0 Å². The fourth-order valence-corrected chi connectivity index (χ4v) is 3.83. The molecule has 0 aliphatic heterocycles. The van der Waals surface area contributed by atoms with Gasteiger partial charge in [0.25, 0.3) is 0 Å². The molecule has 4 nitrogen and oxygen atoms in total. The Morgan fingerprint density at radius 1 is 0.900 bits per heavy atom. The number of hydrogen-bond donors (Lipinski definition) is 2. The molecule has 0 bridgehead atoms. The predicted octanol–water partition coefficient (Wildman–Crippen LogP) is 6.44. The Balaban J connectivity index is 1.54. The van der Waals surface area contributed by atoms with Crippen LogP contribution in [0, 0.1) is 0 Å². The minimum absolute atomic E-state index is 0.157. The molecular weight excluding hydrogens is 415 g/mol. The van der Waals surface area contributed by atoms with Gasteiger partial charge in [0.2, 0.25) is 0 Å². The van der Waals surface area contributed by atoms with Crippen LogP contribution in [0.5, 0.6) is 17.2 Å². The van der Waals surface area contributed by atoms with Gasteiger partial charge in [-0.25, -0.2) is 4.98 Å². The quantitative estimate of drug-likeness (QED) is 0.366. The number of fused-ring (bicyclic) bond motifs is 1. The van der Waals surface area contributed by atoms with Gasteiger partial charge in [-0.3, -0.25) is 0 Å². The van der Waals surface area contributed by atoms with Crippen molar-refractivity contribution in [2.45, 2.75) is 6.36 Å². The van der Waals surface area contributed by atoms with Gasteiger partial charge in [0.15, 0.2) is 0 Å². The molecule has 1 heterocycles. The third kappa shape index (κ3) is 4.55. The molecule has 0 aliphatic carbocycles. The van der Waals surface area contributed by atoms with Crippen LogP contribution in [0.3, 0.4) is 0 Å². The number of ether oxygens (including phenoxy) is 1. The largest absolute Gasteiger partial charge is 0.573 e. The van der Waals surface area contributed by atoms with E-state index in [1.54, 1.807) is 24.3 Å². The van der Waals surface area contributed by atoms with E-state index in [-0.39, 0.29) is 17.1 Å². The van der Waals surface area contributed by atoms with Crippen LogP contribution in [0.25, 0.3) is 32.9 Å². The molecule has 152 valence electrons. The highest BCUT2D eigenvalue weighted by molar-refractivity contribution is 7.21. The highest BCUT2D eigenvalue weighted by Crippen LogP contribution is 2.33. The van der Waals surface area contributed by atoms with E-state index in [9.17, 15) is 23.4 Å². The number of rotatable bonds is 4. The standard InChI is InChI=1S/C22H14F3NO3S/c23-22(24,25)29-17-8-10-19(28)15(11-17)6-3-13-1-4-14(5-2-13)21-26-18-9-7-16(27)12-20(18)30-21/h1-12,27-28H/b6-3+. The van der Waals surface area contributed by atoms with Crippen molar-refractivity contribution in [3.05, 3.63) is 71.8 Å². The second-order valence-corrected chi connectivity index (χ2v) is 7.43. The molecule has 0 amide bonds. The highest BCUT2D eigenvalue weighted by Gasteiger charge is 2.31. The van der Waals surface area contributed by atoms with E-state index in [1.807, 2.05) is 24.3 Å². The zero-order chi connectivity index (χ0) is 21.3. The Hall–Kier alpha value is -3.52. The van der Waals surface area contributed by atoms with Crippen LogP contribution in [0.15, 0.2) is 60.7 Å². The lowest BCUT2D eigenvalue weighted by molar-refractivity contribution is -0.274. The second kappa shape index (κ2) is 7.72. The number of benzene rings is 3. The summed E-state index contributed by atoms with van der Waals surface area (Å²) in [6.07, 6.45) is -1.62. The van der Waals surface area contributed by atoms with Crippen LogP contribution < -0.4 is 4.74 Å². The monoisotopic (exact) mass is 429 g/mol. The number of phenols is 2. The number of alkyl halides is 3. The average molecular weight is 429 g/mol. The van der Waals surface area contributed by atoms with Crippen LogP contribution >= 0.6 is 11.3 Å². The van der Waals surface area contributed by atoms with Crippen molar-refractivity contribution < 1.29 is 28.1 Å². The maximum atomic E-state index is 12.4. The minimum Gasteiger partial charge on any atom is -0.508 e. The third-order valence-corrected chi connectivity index (χ3v) is 5.28. The van der Waals surface area contributed by atoms with Crippen molar-refractivity contribution in [3.8, 4) is 27.8 Å². The first-order valence-corrected chi connectivity index (χ1v) is 9.55. The molecule has 0 radical (unpaired) electrons. The predicted molar refractivity (Wildman–Crippen MR) is 110 cm³/mol. The molecule has 4 aromatic rings. The zero-order valence-electron chi connectivity index (χ0n) is 15.2. The van der Waals surface area contributed by atoms with Crippen LogP contribution in [-0.4, -0.2) is 21.6 Å². The Morgan fingerprint density at radius 2 is 1.67 bits per heavy atom. The molecular formula is C22H14F3NO3S. The molecule has 0 unspecified atom stereocenters. The molecule has 8 heteroatoms. The molecule has 0 spiro atoms. The summed E-state index contributed by atoms with van der Waals surface area (Å²) in [5.74, 6) is -0.376. The van der Waals surface area contributed by atoms with E-state index in [1.165, 1.54) is 17.4 Å². The molecule has 0 fully saturated rings. The summed E-state index contributed by atoms with van der Waals surface area (Å²) in [7, 11) is 0. The first-order chi connectivity index (χ1) is 14.3. The van der Waals surface area contributed by atoms with Gasteiger partial charge in [-0.15, -0.1) is 24.5 Å². The lowest BCUT2D eigenvalue weighted by atomic mass is 10.1. The normalized spacial score (nSPS) is 12.0. The summed E-state index contributed by atoms with van der Waals surface area (Å²) in [5.41, 5.74) is 2.69. The Morgan fingerprint density at radius 3 is 2.40 bits per heavy atom. The van der Waals surface area contributed by atoms with Crippen LogP contribution in [-0.2, 0) is 0 Å². The van der Waals surface area contributed by atoms with Gasteiger partial charge in [-0.1, -0.05) is 36.4 Å². The molecule has 0 saturated carbocycles. The number of nitrogens with zero attached hydrogens (tertiary/aromatic N) is 1. The van der Waals surface area contributed by atoms with E-state index in [0.29, 0.717) is 0 Å². The van der Waals surface area contributed by atoms with E-state index in [2.05, 4.69) is 9.72 Å². The summed E-state index contributed by atoms with van der Waals surface area (Å²) < 4.78 is 41.9. The SMILES string of the molecule is Oc1ccc2nc(-c3ccc(/C=C/c4cc(OC(F)(F)F)ccc4O)cc3)sc2c1. The van der Waals surface area contributed by atoms with Gasteiger partial charge in [0.05, 0.1) is 10.2 Å². The van der Waals surface area contributed by atoms with Crippen molar-refractivity contribution in [1.29, 1.82) is 0 Å². The Labute approximate surface area is 173 Å². The van der Waals surface area contributed by atoms with Crippen molar-refractivity contribution in [1.82, 2.24) is 4.98 Å². The number of phenolic OH excluding ortho intramolecular Hbond substituents is 2. The van der Waals surface area contributed by atoms with Crippen molar-refractivity contribution >= 4 is 33.7 Å². The number of aromatic nitrogens is 1. The van der Waals surface area contributed by atoms with Gasteiger partial charge in [-0.2, -0.15) is 0 Å². The molecule has 4 rings (SSSR count). The van der Waals surface area contributed by atoms with Crippen molar-refractivity contribution in [3.63, 3.8) is 0 Å². The molecule has 30 heavy (non-hydrogen) atoms. The van der Waals surface area contributed by atoms with Gasteiger partial charge >= 0.3 is 6.36 Å². The number of halogens is 3. The van der Waals surface area contributed by atoms with Gasteiger partial charge in [-0.05, 0) is 42.0 Å². The highest BCUT2D eigenvalue weighted by atomic mass is 32.1. The second-order valence-electron chi connectivity index (χ2n) is 6.39. The number of aromatic hydroxyl groups is 2. The lowest BCUT2D eigenvalue weighted by Crippen LogP contribution is -2.17. The molecule has 0 aliphatic rings. The first kappa shape index (κ1) is 19.8. The van der Waals surface area contributed by atoms with Crippen LogP contribution in [0.4, 0.5) is 13.2 Å². The lowest BCUT2D eigenvalue weighted by Gasteiger charge is -2.09. The fourth-order valence-electron chi connectivity index (χ4n) is 2.82. The summed E-state index contributed by atoms with van der Waals surface area (Å²) in [4.78, 5) is 4.55. The maximum Gasteiger partial charge on any atom is 0.573 e. The van der Waals surface area contributed by atoms with E-state index >= 15 is 0 Å². The van der Waals surface area contributed by atoms with E-state index in [0.717, 1.165) is 44.6 Å². The first-order valence-electron chi connectivity index (χ1n) is 8.74. The maximum absolute atomic E-state index is 12.4. The minimum atomic E-state index is -4.80. The smallest absolute Gasteiger partial charge is 0.508 e. The fraction of sp³-hybridized carbons (Fsp3) is 0.0455. The summed E-state index contributed by atoms with van der Waals surface area (Å²) >= 11 is 1.46. The van der Waals surface area contributed by atoms with Gasteiger partial charge in [0.1, 0.15) is 22.3 Å². The molecule has 0 saturated heterocycles. The topological polar surface area (TPSA) is 62.6 Å². The molecule has 1 aromatic heterocycles. The average Bonchev–Trinajstić information content (AvgIpc) is 3.11. The molecule has 2 N–H and O–H groups in total. The molecule has 3 aromatic carbocycles. The summed E-state index contributed by atoms with van der Waals surface area (Å²) in [6, 6.07) is 15.7. The van der Waals surface area contributed by atoms with E-state index in [4.69, 9.17) is 0 Å². The number of thiazole rings is 1. The third-order valence-electron chi connectivity index (χ3n) is 4.22. The molecule has 0 atom stereocenters. The zero-order valence-corrected chi connectivity index (χ0v) is 16.0. The van der Waals surface area contributed by atoms with Gasteiger partial charge in [0, 0.05) is 11.1 Å². The Kier molecular flexibility index (Phi) is 5.09. The van der Waals surface area contributed by atoms with Crippen LogP contribution in [0.1, 0.15) is 11.1 Å². The Bertz CT molecular complexity index is 1230. The van der Waals surface area contributed by atoms with Crippen molar-refractivity contribution in [2.75, 3.05) is 0 Å². The summed E-state index contributed by atoms with van der Waals surface area (Å²) in [6.45, 7) is 0.